The standard InChI is InChI=1S/C26H30N4O2/c31-25(26(13-18-32-19-14-26)20-8-2-1-3-9-20)28-16-17-30-23-12-5-4-10-21(23)24(29-30)22-11-6-7-15-27-22/h1-3,6-9,11,15H,4-5,10,12-14,16-19H2,(H,28,31). The van der Waals surface area contributed by atoms with Crippen molar-refractivity contribution in [2.24, 2.45) is 0 Å². The van der Waals surface area contributed by atoms with Gasteiger partial charge in [-0.3, -0.25) is 14.5 Å². The van der Waals surface area contributed by atoms with E-state index in [0.29, 0.717) is 39.1 Å². The maximum atomic E-state index is 13.4. The molecule has 1 amide bonds. The first-order valence-electron chi connectivity index (χ1n) is 11.7. The van der Waals surface area contributed by atoms with Crippen LogP contribution in [0.25, 0.3) is 11.4 Å². The summed E-state index contributed by atoms with van der Waals surface area (Å²) in [5.41, 5.74) is 5.12. The first kappa shape index (κ1) is 20.9. The fourth-order valence-electron chi connectivity index (χ4n) is 5.13. The van der Waals surface area contributed by atoms with Crippen LogP contribution in [0.2, 0.25) is 0 Å². The SMILES string of the molecule is O=C(NCCn1nc(-c2ccccn2)c2c1CCCC2)C1(c2ccccc2)CCOCC1. The largest absolute Gasteiger partial charge is 0.381 e. The van der Waals surface area contributed by atoms with Gasteiger partial charge in [0.1, 0.15) is 5.69 Å². The van der Waals surface area contributed by atoms with Crippen LogP contribution in [0.15, 0.2) is 54.7 Å². The highest BCUT2D eigenvalue weighted by atomic mass is 16.5. The van der Waals surface area contributed by atoms with E-state index in [1.807, 2.05) is 42.6 Å². The van der Waals surface area contributed by atoms with Crippen LogP contribution in [0.5, 0.6) is 0 Å². The highest BCUT2D eigenvalue weighted by Crippen LogP contribution is 2.35. The normalized spacial score (nSPS) is 17.5. The number of pyridine rings is 1. The molecule has 0 atom stereocenters. The van der Waals surface area contributed by atoms with Gasteiger partial charge in [-0.15, -0.1) is 0 Å². The Kier molecular flexibility index (Phi) is 6.04. The Labute approximate surface area is 189 Å². The maximum absolute atomic E-state index is 13.4. The third kappa shape index (κ3) is 3.95. The van der Waals surface area contributed by atoms with Gasteiger partial charge in [-0.05, 0) is 56.2 Å². The number of hydrogen-bond acceptors (Lipinski definition) is 4. The Balaban J connectivity index is 1.33. The average molecular weight is 431 g/mol. The third-order valence-electron chi connectivity index (χ3n) is 6.88. The molecule has 32 heavy (non-hydrogen) atoms. The first-order valence-corrected chi connectivity index (χ1v) is 11.7. The minimum Gasteiger partial charge on any atom is -0.381 e. The summed E-state index contributed by atoms with van der Waals surface area (Å²) in [4.78, 5) is 17.9. The van der Waals surface area contributed by atoms with Crippen LogP contribution in [0.3, 0.4) is 0 Å². The Hall–Kier alpha value is -2.99. The summed E-state index contributed by atoms with van der Waals surface area (Å²) in [5, 5.41) is 8.15. The van der Waals surface area contributed by atoms with Gasteiger partial charge in [0, 0.05) is 37.2 Å². The minimum absolute atomic E-state index is 0.0953. The Bertz CT molecular complexity index is 1060. The predicted octanol–water partition coefficient (Wildman–Crippen LogP) is 3.69. The summed E-state index contributed by atoms with van der Waals surface area (Å²) >= 11 is 0. The molecule has 2 aromatic heterocycles. The fraction of sp³-hybridized carbons (Fsp3) is 0.423. The molecule has 6 heteroatoms. The quantitative estimate of drug-likeness (QED) is 0.648. The van der Waals surface area contributed by atoms with E-state index in [-0.39, 0.29) is 5.91 Å². The summed E-state index contributed by atoms with van der Waals surface area (Å²) in [6.07, 6.45) is 7.70. The van der Waals surface area contributed by atoms with Gasteiger partial charge < -0.3 is 10.1 Å². The summed E-state index contributed by atoms with van der Waals surface area (Å²) in [6.45, 7) is 2.46. The number of amides is 1. The molecule has 0 saturated carbocycles. The molecule has 1 aliphatic heterocycles. The number of nitrogens with zero attached hydrogens (tertiary/aromatic N) is 3. The lowest BCUT2D eigenvalue weighted by molar-refractivity contribution is -0.130. The van der Waals surface area contributed by atoms with Crippen molar-refractivity contribution >= 4 is 5.91 Å². The number of carbonyl (C=O) groups excluding carboxylic acids is 1. The topological polar surface area (TPSA) is 69.0 Å². The molecule has 0 spiro atoms. The fourth-order valence-corrected chi connectivity index (χ4v) is 5.13. The highest BCUT2D eigenvalue weighted by Gasteiger charge is 2.41. The van der Waals surface area contributed by atoms with E-state index in [0.717, 1.165) is 29.8 Å². The molecule has 6 nitrogen and oxygen atoms in total. The van der Waals surface area contributed by atoms with E-state index in [9.17, 15) is 4.79 Å². The van der Waals surface area contributed by atoms with Crippen molar-refractivity contribution in [1.29, 1.82) is 0 Å². The van der Waals surface area contributed by atoms with E-state index >= 15 is 0 Å². The van der Waals surface area contributed by atoms with Crippen molar-refractivity contribution in [2.75, 3.05) is 19.8 Å². The third-order valence-corrected chi connectivity index (χ3v) is 6.88. The maximum Gasteiger partial charge on any atom is 0.230 e. The molecule has 0 bridgehead atoms. The lowest BCUT2D eigenvalue weighted by Crippen LogP contribution is -2.48. The van der Waals surface area contributed by atoms with Gasteiger partial charge in [0.25, 0.3) is 0 Å². The molecule has 2 aliphatic rings. The molecular weight excluding hydrogens is 400 g/mol. The lowest BCUT2D eigenvalue weighted by Gasteiger charge is -2.36. The summed E-state index contributed by atoms with van der Waals surface area (Å²) < 4.78 is 7.67. The predicted molar refractivity (Wildman–Crippen MR) is 123 cm³/mol. The van der Waals surface area contributed by atoms with Crippen LogP contribution in [-0.4, -0.2) is 40.4 Å². The number of nitrogens with one attached hydrogen (secondary N) is 1. The molecule has 1 fully saturated rings. The van der Waals surface area contributed by atoms with Crippen molar-refractivity contribution in [1.82, 2.24) is 20.1 Å². The number of ether oxygens (including phenoxy) is 1. The second kappa shape index (κ2) is 9.25. The van der Waals surface area contributed by atoms with Crippen molar-refractivity contribution < 1.29 is 9.53 Å². The van der Waals surface area contributed by atoms with Gasteiger partial charge in [0.05, 0.1) is 17.7 Å². The van der Waals surface area contributed by atoms with Gasteiger partial charge in [-0.2, -0.15) is 5.10 Å². The summed E-state index contributed by atoms with van der Waals surface area (Å²) in [5.74, 6) is 0.0953. The lowest BCUT2D eigenvalue weighted by atomic mass is 9.73. The molecule has 3 heterocycles. The number of carbonyl (C=O) groups is 1. The van der Waals surface area contributed by atoms with Gasteiger partial charge >= 0.3 is 0 Å². The van der Waals surface area contributed by atoms with Crippen molar-refractivity contribution in [3.63, 3.8) is 0 Å². The van der Waals surface area contributed by atoms with Gasteiger partial charge in [-0.25, -0.2) is 0 Å². The Morgan fingerprint density at radius 3 is 2.59 bits per heavy atom. The zero-order chi connectivity index (χ0) is 21.8. The van der Waals surface area contributed by atoms with Gasteiger partial charge in [-0.1, -0.05) is 36.4 Å². The first-order chi connectivity index (χ1) is 15.8. The van der Waals surface area contributed by atoms with Crippen molar-refractivity contribution in [2.45, 2.75) is 50.5 Å². The van der Waals surface area contributed by atoms with E-state index < -0.39 is 5.41 Å². The number of aromatic nitrogens is 3. The van der Waals surface area contributed by atoms with Crippen molar-refractivity contribution in [3.8, 4) is 11.4 Å². The minimum atomic E-state index is -0.512. The van der Waals surface area contributed by atoms with Crippen LogP contribution in [-0.2, 0) is 34.3 Å². The second-order valence-corrected chi connectivity index (χ2v) is 8.74. The zero-order valence-electron chi connectivity index (χ0n) is 18.4. The molecule has 1 aliphatic carbocycles. The summed E-state index contributed by atoms with van der Waals surface area (Å²) in [7, 11) is 0. The smallest absolute Gasteiger partial charge is 0.230 e. The molecule has 1 saturated heterocycles. The number of rotatable bonds is 6. The van der Waals surface area contributed by atoms with Crippen LogP contribution < -0.4 is 5.32 Å². The van der Waals surface area contributed by atoms with Crippen LogP contribution in [0, 0.1) is 0 Å². The molecule has 0 unspecified atom stereocenters. The van der Waals surface area contributed by atoms with E-state index in [2.05, 4.69) is 27.1 Å². The number of fused-ring (bicyclic) bond motifs is 1. The molecule has 1 aromatic carbocycles. The summed E-state index contributed by atoms with van der Waals surface area (Å²) in [6, 6.07) is 16.1. The molecule has 1 N–H and O–H groups in total. The molecule has 0 radical (unpaired) electrons. The van der Waals surface area contributed by atoms with Crippen LogP contribution >= 0.6 is 0 Å². The average Bonchev–Trinajstić information content (AvgIpc) is 3.24. The Morgan fingerprint density at radius 2 is 1.81 bits per heavy atom. The zero-order valence-corrected chi connectivity index (χ0v) is 18.4. The second-order valence-electron chi connectivity index (χ2n) is 8.74. The van der Waals surface area contributed by atoms with Crippen LogP contribution in [0.1, 0.15) is 42.5 Å². The highest BCUT2D eigenvalue weighted by molar-refractivity contribution is 5.88. The van der Waals surface area contributed by atoms with E-state index in [1.54, 1.807) is 0 Å². The van der Waals surface area contributed by atoms with Gasteiger partial charge in [0.2, 0.25) is 5.91 Å². The number of benzene rings is 1. The molecule has 3 aromatic rings. The van der Waals surface area contributed by atoms with E-state index in [1.165, 1.54) is 24.1 Å². The molecular formula is C26H30N4O2. The van der Waals surface area contributed by atoms with Crippen molar-refractivity contribution in [3.05, 3.63) is 71.5 Å². The van der Waals surface area contributed by atoms with Crippen LogP contribution in [0.4, 0.5) is 0 Å². The molecule has 5 rings (SSSR count). The Morgan fingerprint density at radius 1 is 1.03 bits per heavy atom. The van der Waals surface area contributed by atoms with E-state index in [4.69, 9.17) is 9.84 Å². The van der Waals surface area contributed by atoms with Gasteiger partial charge in [0.15, 0.2) is 0 Å². The molecule has 166 valence electrons. The number of hydrogen-bond donors (Lipinski definition) is 1. The monoisotopic (exact) mass is 430 g/mol.